The highest BCUT2D eigenvalue weighted by molar-refractivity contribution is 5.79. The molecule has 4 rings (SSSR count). The van der Waals surface area contributed by atoms with Gasteiger partial charge in [-0.2, -0.15) is 0 Å². The van der Waals surface area contributed by atoms with Gasteiger partial charge in [-0.3, -0.25) is 9.56 Å². The zero-order valence-corrected chi connectivity index (χ0v) is 16.6. The first-order valence-corrected chi connectivity index (χ1v) is 9.90. The fourth-order valence-corrected chi connectivity index (χ4v) is 2.97. The highest BCUT2D eigenvalue weighted by Gasteiger charge is 2.22. The lowest BCUT2D eigenvalue weighted by atomic mass is 10.2. The molecular weight excluding hydrogens is 364 g/mol. The van der Waals surface area contributed by atoms with Gasteiger partial charge in [0.05, 0.1) is 6.61 Å². The van der Waals surface area contributed by atoms with Crippen LogP contribution in [0.4, 0.5) is 0 Å². The van der Waals surface area contributed by atoms with Gasteiger partial charge in [0.2, 0.25) is 0 Å². The zero-order chi connectivity index (χ0) is 19.9. The zero-order valence-electron chi connectivity index (χ0n) is 16.6. The SMILES string of the molecule is CN=C(NCc1ccnc(-n2ccnc2)c1)NCc1ccccc1OCC1CC1. The lowest BCUT2D eigenvalue weighted by Crippen LogP contribution is -2.36. The Hall–Kier alpha value is -3.35. The molecule has 0 bridgehead atoms. The summed E-state index contributed by atoms with van der Waals surface area (Å²) in [5.41, 5.74) is 2.24. The van der Waals surface area contributed by atoms with Crippen LogP contribution in [-0.2, 0) is 13.1 Å². The Kier molecular flexibility index (Phi) is 6.04. The van der Waals surface area contributed by atoms with Crippen LogP contribution in [0.5, 0.6) is 5.75 Å². The van der Waals surface area contributed by atoms with Gasteiger partial charge in [0.25, 0.3) is 0 Å². The smallest absolute Gasteiger partial charge is 0.191 e. The van der Waals surface area contributed by atoms with Gasteiger partial charge in [-0.15, -0.1) is 0 Å². The van der Waals surface area contributed by atoms with E-state index in [2.05, 4.69) is 31.7 Å². The first-order chi connectivity index (χ1) is 14.3. The first kappa shape index (κ1) is 19.0. The summed E-state index contributed by atoms with van der Waals surface area (Å²) in [6, 6.07) is 12.2. The number of ether oxygens (including phenoxy) is 1. The van der Waals surface area contributed by atoms with E-state index in [-0.39, 0.29) is 0 Å². The van der Waals surface area contributed by atoms with Gasteiger partial charge in [0.15, 0.2) is 5.96 Å². The van der Waals surface area contributed by atoms with Crippen LogP contribution >= 0.6 is 0 Å². The van der Waals surface area contributed by atoms with Crippen molar-refractivity contribution in [3.63, 3.8) is 0 Å². The minimum atomic E-state index is 0.643. The molecule has 2 N–H and O–H groups in total. The lowest BCUT2D eigenvalue weighted by molar-refractivity contribution is 0.296. The molecule has 150 valence electrons. The Labute approximate surface area is 170 Å². The van der Waals surface area contributed by atoms with Crippen molar-refractivity contribution in [2.45, 2.75) is 25.9 Å². The fraction of sp³-hybridized carbons (Fsp3) is 0.318. The normalized spacial score (nSPS) is 13.9. The maximum Gasteiger partial charge on any atom is 0.191 e. The molecule has 29 heavy (non-hydrogen) atoms. The number of hydrogen-bond acceptors (Lipinski definition) is 4. The molecule has 1 fully saturated rings. The maximum atomic E-state index is 5.99. The molecule has 2 heterocycles. The number of para-hydroxylation sites is 1. The number of hydrogen-bond donors (Lipinski definition) is 2. The molecule has 0 spiro atoms. The highest BCUT2D eigenvalue weighted by Crippen LogP contribution is 2.30. The van der Waals surface area contributed by atoms with Gasteiger partial charge < -0.3 is 15.4 Å². The molecule has 1 aromatic carbocycles. The number of imidazole rings is 1. The van der Waals surface area contributed by atoms with Crippen molar-refractivity contribution in [2.75, 3.05) is 13.7 Å². The molecule has 0 amide bonds. The van der Waals surface area contributed by atoms with Crippen molar-refractivity contribution in [1.29, 1.82) is 0 Å². The number of benzene rings is 1. The second kappa shape index (κ2) is 9.23. The topological polar surface area (TPSA) is 76.4 Å². The predicted octanol–water partition coefficient (Wildman–Crippen LogP) is 2.92. The molecular formula is C22H26N6O. The Morgan fingerprint density at radius 3 is 2.83 bits per heavy atom. The molecule has 0 aliphatic heterocycles. The van der Waals surface area contributed by atoms with Crippen LogP contribution in [0, 0.1) is 5.92 Å². The molecule has 0 unspecified atom stereocenters. The van der Waals surface area contributed by atoms with Crippen LogP contribution in [0.3, 0.4) is 0 Å². The van der Waals surface area contributed by atoms with E-state index < -0.39 is 0 Å². The number of nitrogens with one attached hydrogen (secondary N) is 2. The molecule has 3 aromatic rings. The number of rotatable bonds is 8. The van der Waals surface area contributed by atoms with E-state index in [0.717, 1.165) is 41.2 Å². The number of aliphatic imine (C=N–C) groups is 1. The molecule has 0 radical (unpaired) electrons. The Morgan fingerprint density at radius 2 is 2.03 bits per heavy atom. The van der Waals surface area contributed by atoms with Gasteiger partial charge in [0.1, 0.15) is 17.9 Å². The van der Waals surface area contributed by atoms with Gasteiger partial charge in [-0.05, 0) is 42.5 Å². The number of guanidine groups is 1. The summed E-state index contributed by atoms with van der Waals surface area (Å²) in [4.78, 5) is 12.8. The van der Waals surface area contributed by atoms with Crippen LogP contribution in [0.2, 0.25) is 0 Å². The molecule has 0 saturated heterocycles. The van der Waals surface area contributed by atoms with Crippen LogP contribution < -0.4 is 15.4 Å². The summed E-state index contributed by atoms with van der Waals surface area (Å²) in [7, 11) is 1.77. The van der Waals surface area contributed by atoms with E-state index in [1.807, 2.05) is 41.1 Å². The summed E-state index contributed by atoms with van der Waals surface area (Å²) in [6.45, 7) is 2.10. The van der Waals surface area contributed by atoms with Crippen molar-refractivity contribution in [1.82, 2.24) is 25.2 Å². The summed E-state index contributed by atoms with van der Waals surface area (Å²) < 4.78 is 7.87. The minimum Gasteiger partial charge on any atom is -0.493 e. The Balaban J connectivity index is 1.32. The first-order valence-electron chi connectivity index (χ1n) is 9.90. The maximum absolute atomic E-state index is 5.99. The summed E-state index contributed by atoms with van der Waals surface area (Å²) in [5.74, 6) is 3.26. The van der Waals surface area contributed by atoms with Crippen molar-refractivity contribution in [3.05, 3.63) is 72.4 Å². The monoisotopic (exact) mass is 390 g/mol. The van der Waals surface area contributed by atoms with Crippen molar-refractivity contribution in [2.24, 2.45) is 10.9 Å². The quantitative estimate of drug-likeness (QED) is 0.457. The van der Waals surface area contributed by atoms with E-state index in [0.29, 0.717) is 13.1 Å². The average Bonchev–Trinajstić information content (AvgIpc) is 3.43. The van der Waals surface area contributed by atoms with Crippen molar-refractivity contribution in [3.8, 4) is 11.6 Å². The third-order valence-corrected chi connectivity index (χ3v) is 4.85. The standard InChI is InChI=1S/C22H26N6O/c1-23-22(26-13-18-8-9-25-21(12-18)28-11-10-24-16-28)27-14-19-4-2-3-5-20(19)29-15-17-6-7-17/h2-5,8-12,16-17H,6-7,13-15H2,1H3,(H2,23,26,27). The minimum absolute atomic E-state index is 0.643. The van der Waals surface area contributed by atoms with Gasteiger partial charge in [-0.1, -0.05) is 18.2 Å². The largest absolute Gasteiger partial charge is 0.493 e. The summed E-state index contributed by atoms with van der Waals surface area (Å²) in [6.07, 6.45) is 9.73. The van der Waals surface area contributed by atoms with E-state index in [1.54, 1.807) is 25.8 Å². The molecule has 7 heteroatoms. The van der Waals surface area contributed by atoms with Gasteiger partial charge in [-0.25, -0.2) is 9.97 Å². The van der Waals surface area contributed by atoms with E-state index in [9.17, 15) is 0 Å². The van der Waals surface area contributed by atoms with Crippen LogP contribution in [-0.4, -0.2) is 34.1 Å². The number of pyridine rings is 1. The Morgan fingerprint density at radius 1 is 1.17 bits per heavy atom. The lowest BCUT2D eigenvalue weighted by Gasteiger charge is -2.15. The summed E-state index contributed by atoms with van der Waals surface area (Å²) >= 11 is 0. The van der Waals surface area contributed by atoms with E-state index in [1.165, 1.54) is 12.8 Å². The van der Waals surface area contributed by atoms with Crippen LogP contribution in [0.15, 0.2) is 66.3 Å². The highest BCUT2D eigenvalue weighted by atomic mass is 16.5. The molecule has 1 saturated carbocycles. The van der Waals surface area contributed by atoms with Crippen molar-refractivity contribution < 1.29 is 4.74 Å². The van der Waals surface area contributed by atoms with E-state index in [4.69, 9.17) is 4.74 Å². The average molecular weight is 390 g/mol. The molecule has 1 aliphatic rings. The molecule has 7 nitrogen and oxygen atoms in total. The van der Waals surface area contributed by atoms with Crippen LogP contribution in [0.25, 0.3) is 5.82 Å². The third kappa shape index (κ3) is 5.34. The third-order valence-electron chi connectivity index (χ3n) is 4.85. The van der Waals surface area contributed by atoms with Crippen molar-refractivity contribution >= 4 is 5.96 Å². The number of aromatic nitrogens is 3. The molecule has 2 aromatic heterocycles. The second-order valence-corrected chi connectivity index (χ2v) is 7.13. The van der Waals surface area contributed by atoms with E-state index >= 15 is 0 Å². The Bertz CT molecular complexity index is 949. The number of nitrogens with zero attached hydrogens (tertiary/aromatic N) is 4. The predicted molar refractivity (Wildman–Crippen MR) is 113 cm³/mol. The fourth-order valence-electron chi connectivity index (χ4n) is 2.97. The molecule has 0 atom stereocenters. The van der Waals surface area contributed by atoms with Crippen LogP contribution in [0.1, 0.15) is 24.0 Å². The second-order valence-electron chi connectivity index (χ2n) is 7.13. The van der Waals surface area contributed by atoms with Gasteiger partial charge >= 0.3 is 0 Å². The molecule has 1 aliphatic carbocycles. The van der Waals surface area contributed by atoms with Gasteiger partial charge in [0, 0.05) is 44.3 Å². The summed E-state index contributed by atoms with van der Waals surface area (Å²) in [5, 5.41) is 6.72.